The van der Waals surface area contributed by atoms with E-state index in [0.29, 0.717) is 45.0 Å². The van der Waals surface area contributed by atoms with Crippen LogP contribution >= 0.6 is 0 Å². The van der Waals surface area contributed by atoms with Crippen LogP contribution in [0.4, 0.5) is 24.5 Å². The number of nitrogens with one attached hydrogen (secondary N) is 1. The molecule has 3 aromatic rings. The highest BCUT2D eigenvalue weighted by Gasteiger charge is 2.34. The lowest BCUT2D eigenvalue weighted by Gasteiger charge is -2.32. The van der Waals surface area contributed by atoms with E-state index in [-0.39, 0.29) is 17.5 Å². The van der Waals surface area contributed by atoms with E-state index in [1.54, 1.807) is 4.90 Å². The van der Waals surface area contributed by atoms with E-state index in [1.165, 1.54) is 0 Å². The maximum absolute atomic E-state index is 12.9. The summed E-state index contributed by atoms with van der Waals surface area (Å²) in [6.07, 6.45) is 0.661. The molecule has 1 aromatic carbocycles. The normalized spacial score (nSPS) is 15.1. The molecule has 11 heteroatoms. The summed E-state index contributed by atoms with van der Waals surface area (Å²) in [6.45, 7) is 1.13. The molecule has 1 aliphatic heterocycles. The molecule has 0 spiro atoms. The molecule has 0 bridgehead atoms. The number of piperidine rings is 1. The number of hydrogen-bond acceptors (Lipinski definition) is 5. The molecule has 2 aromatic heterocycles. The Morgan fingerprint density at radius 2 is 1.97 bits per heavy atom. The lowest BCUT2D eigenvalue weighted by atomic mass is 9.95. The summed E-state index contributed by atoms with van der Waals surface area (Å²) in [5.74, 6) is -0.351. The van der Waals surface area contributed by atoms with Crippen molar-refractivity contribution in [2.75, 3.05) is 24.5 Å². The number of anilines is 1. The maximum Gasteiger partial charge on any atom is 0.416 e. The molecule has 1 amide bonds. The molecule has 174 valence electrons. The van der Waals surface area contributed by atoms with Gasteiger partial charge < -0.3 is 14.6 Å². The van der Waals surface area contributed by atoms with Gasteiger partial charge in [0.1, 0.15) is 11.3 Å². The second kappa shape index (κ2) is 9.08. The highest BCUT2D eigenvalue weighted by Crippen LogP contribution is 2.37. The van der Waals surface area contributed by atoms with Crippen LogP contribution < -0.4 is 10.2 Å². The van der Waals surface area contributed by atoms with Crippen molar-refractivity contribution in [2.24, 2.45) is 5.92 Å². The van der Waals surface area contributed by atoms with E-state index < -0.39 is 22.4 Å². The minimum Gasteiger partial charge on any atom is -0.366 e. The van der Waals surface area contributed by atoms with Crippen molar-refractivity contribution in [3.05, 3.63) is 70.2 Å². The number of halogens is 3. The minimum atomic E-state index is -4.66. The number of nitro benzene ring substituents is 1. The van der Waals surface area contributed by atoms with E-state index in [0.717, 1.165) is 23.5 Å². The van der Waals surface area contributed by atoms with Crippen molar-refractivity contribution in [2.45, 2.75) is 25.4 Å². The van der Waals surface area contributed by atoms with Crippen molar-refractivity contribution >= 4 is 22.9 Å². The number of amides is 1. The molecule has 0 saturated carbocycles. The summed E-state index contributed by atoms with van der Waals surface area (Å²) in [5.41, 5.74) is 0.200. The van der Waals surface area contributed by atoms with E-state index in [2.05, 4.69) is 10.3 Å². The van der Waals surface area contributed by atoms with Gasteiger partial charge in [0, 0.05) is 50.4 Å². The fourth-order valence-electron chi connectivity index (χ4n) is 4.06. The van der Waals surface area contributed by atoms with Gasteiger partial charge in [0.2, 0.25) is 5.91 Å². The molecule has 0 atom stereocenters. The molecule has 1 fully saturated rings. The van der Waals surface area contributed by atoms with E-state index in [4.69, 9.17) is 0 Å². The third-order valence-corrected chi connectivity index (χ3v) is 5.80. The Hall–Kier alpha value is -3.63. The molecule has 0 unspecified atom stereocenters. The van der Waals surface area contributed by atoms with Crippen molar-refractivity contribution < 1.29 is 22.9 Å². The lowest BCUT2D eigenvalue weighted by Crippen LogP contribution is -2.41. The Labute approximate surface area is 187 Å². The zero-order chi connectivity index (χ0) is 23.6. The van der Waals surface area contributed by atoms with Crippen LogP contribution in [0.15, 0.2) is 48.8 Å². The van der Waals surface area contributed by atoms with Gasteiger partial charge in [-0.25, -0.2) is 4.98 Å². The van der Waals surface area contributed by atoms with Crippen LogP contribution in [0.3, 0.4) is 0 Å². The minimum absolute atomic E-state index is 0.0969. The second-order valence-electron chi connectivity index (χ2n) is 7.96. The first-order valence-electron chi connectivity index (χ1n) is 10.5. The molecular formula is C22H22F3N5O3. The summed E-state index contributed by atoms with van der Waals surface area (Å²) in [7, 11) is 0. The maximum atomic E-state index is 12.9. The predicted octanol–water partition coefficient (Wildman–Crippen LogP) is 3.84. The van der Waals surface area contributed by atoms with Gasteiger partial charge in [-0.05, 0) is 37.1 Å². The monoisotopic (exact) mass is 461 g/mol. The highest BCUT2D eigenvalue weighted by atomic mass is 19.4. The first-order valence-corrected chi connectivity index (χ1v) is 10.5. The van der Waals surface area contributed by atoms with Gasteiger partial charge in [-0.1, -0.05) is 6.07 Å². The Morgan fingerprint density at radius 3 is 2.64 bits per heavy atom. The van der Waals surface area contributed by atoms with Gasteiger partial charge in [0.05, 0.1) is 16.2 Å². The van der Waals surface area contributed by atoms with Crippen LogP contribution in [0.25, 0.3) is 5.65 Å². The first-order chi connectivity index (χ1) is 15.7. The number of hydrogen-bond donors (Lipinski definition) is 1. The first kappa shape index (κ1) is 22.6. The Balaban J connectivity index is 1.32. The van der Waals surface area contributed by atoms with Crippen LogP contribution in [0, 0.1) is 16.0 Å². The number of carbonyl (C=O) groups excluding carboxylic acids is 1. The Bertz CT molecular complexity index is 1140. The predicted molar refractivity (Wildman–Crippen MR) is 115 cm³/mol. The number of carbonyl (C=O) groups is 1. The van der Waals surface area contributed by atoms with Crippen LogP contribution in [-0.2, 0) is 17.4 Å². The molecule has 8 nitrogen and oxygen atoms in total. The number of alkyl halides is 3. The van der Waals surface area contributed by atoms with Crippen LogP contribution in [0.5, 0.6) is 0 Å². The zero-order valence-corrected chi connectivity index (χ0v) is 17.6. The van der Waals surface area contributed by atoms with Crippen molar-refractivity contribution in [3.8, 4) is 0 Å². The number of benzene rings is 1. The summed E-state index contributed by atoms with van der Waals surface area (Å²) in [4.78, 5) is 29.2. The smallest absolute Gasteiger partial charge is 0.366 e. The molecule has 1 saturated heterocycles. The molecule has 0 radical (unpaired) electrons. The fourth-order valence-corrected chi connectivity index (χ4v) is 4.06. The number of aromatic nitrogens is 2. The number of fused-ring (bicyclic) bond motifs is 1. The third-order valence-electron chi connectivity index (χ3n) is 5.80. The summed E-state index contributed by atoms with van der Waals surface area (Å²) >= 11 is 0. The average molecular weight is 461 g/mol. The largest absolute Gasteiger partial charge is 0.416 e. The number of imidazole rings is 1. The number of rotatable bonds is 6. The van der Waals surface area contributed by atoms with Crippen LogP contribution in [0.1, 0.15) is 24.1 Å². The third kappa shape index (κ3) is 5.07. The Kier molecular flexibility index (Phi) is 6.21. The van der Waals surface area contributed by atoms with E-state index in [9.17, 15) is 28.1 Å². The van der Waals surface area contributed by atoms with Crippen LogP contribution in [-0.4, -0.2) is 39.8 Å². The van der Waals surface area contributed by atoms with Gasteiger partial charge in [-0.2, -0.15) is 13.2 Å². The van der Waals surface area contributed by atoms with Gasteiger partial charge in [0.25, 0.3) is 5.69 Å². The molecule has 4 rings (SSSR count). The van der Waals surface area contributed by atoms with Crippen molar-refractivity contribution in [3.63, 3.8) is 0 Å². The second-order valence-corrected chi connectivity index (χ2v) is 7.96. The zero-order valence-electron chi connectivity index (χ0n) is 17.6. The summed E-state index contributed by atoms with van der Waals surface area (Å²) in [6, 6.07) is 8.26. The molecule has 3 heterocycles. The molecule has 1 aliphatic rings. The summed E-state index contributed by atoms with van der Waals surface area (Å²) < 4.78 is 40.7. The number of nitrogens with zero attached hydrogens (tertiary/aromatic N) is 4. The van der Waals surface area contributed by atoms with E-state index >= 15 is 0 Å². The highest BCUT2D eigenvalue weighted by molar-refractivity contribution is 5.79. The SMILES string of the molecule is O=C(NCCc1cn2ccccc2n1)C1CCN(c2ccc(C(F)(F)F)cc2[N+](=O)[O-])CC1. The van der Waals surface area contributed by atoms with Crippen molar-refractivity contribution in [1.82, 2.24) is 14.7 Å². The fraction of sp³-hybridized carbons (Fsp3) is 0.364. The Morgan fingerprint density at radius 1 is 1.21 bits per heavy atom. The van der Waals surface area contributed by atoms with Gasteiger partial charge in [-0.3, -0.25) is 14.9 Å². The average Bonchev–Trinajstić information content (AvgIpc) is 3.21. The molecular weight excluding hydrogens is 439 g/mol. The van der Waals surface area contributed by atoms with E-state index in [1.807, 2.05) is 35.0 Å². The number of pyridine rings is 1. The standard InChI is InChI=1S/C22H22F3N5O3/c23-22(24,25)16-4-5-18(19(13-16)30(32)33)28-11-7-15(8-12-28)21(31)26-9-6-17-14-29-10-2-1-3-20(29)27-17/h1-5,10,13-15H,6-9,11-12H2,(H,26,31). The van der Waals surface area contributed by atoms with Crippen LogP contribution in [0.2, 0.25) is 0 Å². The summed E-state index contributed by atoms with van der Waals surface area (Å²) in [5, 5.41) is 14.3. The number of nitro groups is 1. The lowest BCUT2D eigenvalue weighted by molar-refractivity contribution is -0.384. The van der Waals surface area contributed by atoms with Gasteiger partial charge >= 0.3 is 6.18 Å². The molecule has 33 heavy (non-hydrogen) atoms. The molecule has 1 N–H and O–H groups in total. The molecule has 0 aliphatic carbocycles. The van der Waals surface area contributed by atoms with Crippen molar-refractivity contribution in [1.29, 1.82) is 0 Å². The van der Waals surface area contributed by atoms with Gasteiger partial charge in [0.15, 0.2) is 0 Å². The topological polar surface area (TPSA) is 92.8 Å². The van der Waals surface area contributed by atoms with Gasteiger partial charge in [-0.15, -0.1) is 0 Å². The quantitative estimate of drug-likeness (QED) is 0.445.